The topological polar surface area (TPSA) is 64.8 Å². The molecule has 0 saturated carbocycles. The van der Waals surface area contributed by atoms with Crippen molar-refractivity contribution in [2.24, 2.45) is 0 Å². The van der Waals surface area contributed by atoms with E-state index in [2.05, 4.69) is 0 Å². The second-order valence-corrected chi connectivity index (χ2v) is 7.03. The van der Waals surface area contributed by atoms with Gasteiger partial charge in [0.25, 0.3) is 0 Å². The maximum absolute atomic E-state index is 12.2. The summed E-state index contributed by atoms with van der Waals surface area (Å²) >= 11 is 0. The summed E-state index contributed by atoms with van der Waals surface area (Å²) in [7, 11) is 1.63. The zero-order valence-corrected chi connectivity index (χ0v) is 15.5. The van der Waals surface area contributed by atoms with Crippen molar-refractivity contribution in [3.05, 3.63) is 53.6 Å². The zero-order chi connectivity index (χ0) is 18.6. The fraction of sp³-hybridized carbons (Fsp3) is 0.350. The molecule has 0 atom stereocenters. The zero-order valence-electron chi connectivity index (χ0n) is 15.5. The maximum Gasteiger partial charge on any atom is 0.414 e. The van der Waals surface area contributed by atoms with Gasteiger partial charge in [0.15, 0.2) is 0 Å². The molecule has 0 unspecified atom stereocenters. The van der Waals surface area contributed by atoms with Crippen LogP contribution in [-0.4, -0.2) is 18.7 Å². The monoisotopic (exact) mass is 342 g/mol. The number of anilines is 2. The minimum atomic E-state index is -0.570. The molecule has 25 heavy (non-hydrogen) atoms. The molecule has 0 aliphatic heterocycles. The first kappa shape index (κ1) is 18.6. The van der Waals surface area contributed by atoms with Crippen LogP contribution < -0.4 is 15.4 Å². The van der Waals surface area contributed by atoms with E-state index in [1.807, 2.05) is 52.0 Å². The van der Waals surface area contributed by atoms with Crippen molar-refractivity contribution in [1.29, 1.82) is 0 Å². The summed E-state index contributed by atoms with van der Waals surface area (Å²) in [5.74, 6) is 0.639. The van der Waals surface area contributed by atoms with Crippen LogP contribution in [0.25, 0.3) is 0 Å². The molecule has 2 aromatic carbocycles. The molecule has 1 amide bonds. The summed E-state index contributed by atoms with van der Waals surface area (Å²) in [5.41, 5.74) is 8.75. The van der Waals surface area contributed by atoms with Gasteiger partial charge in [0.2, 0.25) is 0 Å². The van der Waals surface area contributed by atoms with Gasteiger partial charge in [0.05, 0.1) is 11.4 Å². The molecule has 5 nitrogen and oxygen atoms in total. The van der Waals surface area contributed by atoms with E-state index in [0.29, 0.717) is 23.7 Å². The first-order chi connectivity index (χ1) is 11.7. The molecule has 0 aliphatic rings. The van der Waals surface area contributed by atoms with Crippen LogP contribution in [-0.2, 0) is 11.3 Å². The highest BCUT2D eigenvalue weighted by atomic mass is 16.6. The van der Waals surface area contributed by atoms with E-state index in [1.54, 1.807) is 25.2 Å². The molecule has 0 fully saturated rings. The number of aryl methyl sites for hydroxylation is 1. The molecule has 0 heterocycles. The summed E-state index contributed by atoms with van der Waals surface area (Å²) < 4.78 is 11.2. The van der Waals surface area contributed by atoms with E-state index in [-0.39, 0.29) is 0 Å². The van der Waals surface area contributed by atoms with Crippen molar-refractivity contribution in [3.63, 3.8) is 0 Å². The third-order valence-corrected chi connectivity index (χ3v) is 3.56. The minimum Gasteiger partial charge on any atom is -0.489 e. The Bertz CT molecular complexity index is 734. The van der Waals surface area contributed by atoms with Gasteiger partial charge >= 0.3 is 6.09 Å². The minimum absolute atomic E-state index is 0.444. The normalized spacial score (nSPS) is 11.1. The van der Waals surface area contributed by atoms with Gasteiger partial charge in [-0.1, -0.05) is 29.8 Å². The number of carbonyl (C=O) groups is 1. The lowest BCUT2D eigenvalue weighted by Crippen LogP contribution is -2.34. The van der Waals surface area contributed by atoms with E-state index in [1.165, 1.54) is 10.5 Å². The number of carbonyl (C=O) groups excluding carboxylic acids is 1. The van der Waals surface area contributed by atoms with Gasteiger partial charge in [0.1, 0.15) is 18.0 Å². The number of rotatable bonds is 4. The molecule has 134 valence electrons. The number of benzene rings is 2. The highest BCUT2D eigenvalue weighted by Gasteiger charge is 2.22. The number of amides is 1. The Morgan fingerprint density at radius 2 is 1.76 bits per heavy atom. The van der Waals surface area contributed by atoms with E-state index in [0.717, 1.165) is 5.56 Å². The van der Waals surface area contributed by atoms with Crippen LogP contribution in [0.4, 0.5) is 16.2 Å². The summed E-state index contributed by atoms with van der Waals surface area (Å²) in [4.78, 5) is 13.6. The Morgan fingerprint density at radius 3 is 2.36 bits per heavy atom. The van der Waals surface area contributed by atoms with E-state index in [9.17, 15) is 4.79 Å². The molecule has 2 aromatic rings. The van der Waals surface area contributed by atoms with Crippen LogP contribution in [0, 0.1) is 6.92 Å². The fourth-order valence-electron chi connectivity index (χ4n) is 2.18. The lowest BCUT2D eigenvalue weighted by molar-refractivity contribution is 0.0589. The van der Waals surface area contributed by atoms with Crippen LogP contribution in [0.1, 0.15) is 31.9 Å². The number of hydrogen-bond donors (Lipinski definition) is 1. The first-order valence-corrected chi connectivity index (χ1v) is 8.20. The molecule has 0 aromatic heterocycles. The Labute approximate surface area is 149 Å². The van der Waals surface area contributed by atoms with Gasteiger partial charge in [-0.25, -0.2) is 4.79 Å². The standard InChI is InChI=1S/C20H26N2O3/c1-14-6-8-15(9-7-14)13-24-16-10-11-17(21)18(12-16)22(5)19(23)25-20(2,3)4/h6-12H,13,21H2,1-5H3. The molecular formula is C20H26N2O3. The molecule has 5 heteroatoms. The van der Waals surface area contributed by atoms with Crippen molar-refractivity contribution in [3.8, 4) is 5.75 Å². The number of nitrogens with zero attached hydrogens (tertiary/aromatic N) is 1. The molecular weight excluding hydrogens is 316 g/mol. The largest absolute Gasteiger partial charge is 0.489 e. The third kappa shape index (κ3) is 5.41. The number of nitrogens with two attached hydrogens (primary N) is 1. The van der Waals surface area contributed by atoms with Gasteiger partial charge in [-0.15, -0.1) is 0 Å². The summed E-state index contributed by atoms with van der Waals surface area (Å²) in [6.07, 6.45) is -0.463. The lowest BCUT2D eigenvalue weighted by atomic mass is 10.2. The summed E-state index contributed by atoms with van der Waals surface area (Å²) in [6.45, 7) is 7.96. The van der Waals surface area contributed by atoms with Crippen LogP contribution in [0.3, 0.4) is 0 Å². The fourth-order valence-corrected chi connectivity index (χ4v) is 2.18. The van der Waals surface area contributed by atoms with Crippen molar-refractivity contribution in [2.75, 3.05) is 17.7 Å². The average molecular weight is 342 g/mol. The van der Waals surface area contributed by atoms with Gasteiger partial charge in [-0.2, -0.15) is 0 Å². The molecule has 0 bridgehead atoms. The number of ether oxygens (including phenoxy) is 2. The SMILES string of the molecule is Cc1ccc(COc2ccc(N)c(N(C)C(=O)OC(C)(C)C)c2)cc1. The predicted molar refractivity (Wildman–Crippen MR) is 101 cm³/mol. The summed E-state index contributed by atoms with van der Waals surface area (Å²) in [5, 5.41) is 0. The highest BCUT2D eigenvalue weighted by molar-refractivity contribution is 5.91. The lowest BCUT2D eigenvalue weighted by Gasteiger charge is -2.25. The summed E-state index contributed by atoms with van der Waals surface area (Å²) in [6, 6.07) is 13.4. The van der Waals surface area contributed by atoms with Gasteiger partial charge in [0, 0.05) is 13.1 Å². The Kier molecular flexibility index (Phi) is 5.57. The Balaban J connectivity index is 2.11. The van der Waals surface area contributed by atoms with E-state index < -0.39 is 11.7 Å². The molecule has 0 aliphatic carbocycles. The van der Waals surface area contributed by atoms with Crippen molar-refractivity contribution < 1.29 is 14.3 Å². The predicted octanol–water partition coefficient (Wildman–Crippen LogP) is 4.53. The second-order valence-electron chi connectivity index (χ2n) is 7.03. The van der Waals surface area contributed by atoms with Gasteiger partial charge in [-0.05, 0) is 45.4 Å². The van der Waals surface area contributed by atoms with Crippen molar-refractivity contribution >= 4 is 17.5 Å². The van der Waals surface area contributed by atoms with Gasteiger partial charge < -0.3 is 15.2 Å². The Hall–Kier alpha value is -2.69. The molecule has 2 N–H and O–H groups in total. The highest BCUT2D eigenvalue weighted by Crippen LogP contribution is 2.29. The second kappa shape index (κ2) is 7.47. The van der Waals surface area contributed by atoms with E-state index in [4.69, 9.17) is 15.2 Å². The van der Waals surface area contributed by atoms with Crippen LogP contribution in [0.2, 0.25) is 0 Å². The molecule has 2 rings (SSSR count). The van der Waals surface area contributed by atoms with Crippen LogP contribution >= 0.6 is 0 Å². The molecule has 0 radical (unpaired) electrons. The average Bonchev–Trinajstić information content (AvgIpc) is 2.53. The van der Waals surface area contributed by atoms with Crippen molar-refractivity contribution in [1.82, 2.24) is 0 Å². The van der Waals surface area contributed by atoms with E-state index >= 15 is 0 Å². The Morgan fingerprint density at radius 1 is 1.12 bits per heavy atom. The quantitative estimate of drug-likeness (QED) is 0.829. The smallest absolute Gasteiger partial charge is 0.414 e. The molecule has 0 spiro atoms. The first-order valence-electron chi connectivity index (χ1n) is 8.20. The van der Waals surface area contributed by atoms with Crippen LogP contribution in [0.15, 0.2) is 42.5 Å². The van der Waals surface area contributed by atoms with Crippen LogP contribution in [0.5, 0.6) is 5.75 Å². The molecule has 0 saturated heterocycles. The number of nitrogen functional groups attached to an aromatic ring is 1. The van der Waals surface area contributed by atoms with Crippen molar-refractivity contribution in [2.45, 2.75) is 39.9 Å². The number of hydrogen-bond acceptors (Lipinski definition) is 4. The van der Waals surface area contributed by atoms with Gasteiger partial charge in [-0.3, -0.25) is 4.90 Å². The third-order valence-electron chi connectivity index (χ3n) is 3.56. The maximum atomic E-state index is 12.2.